The minimum absolute atomic E-state index is 0.158. The first-order valence-electron chi connectivity index (χ1n) is 8.90. The third-order valence-corrected chi connectivity index (χ3v) is 5.02. The molecule has 3 aromatic carbocycles. The highest BCUT2D eigenvalue weighted by Gasteiger charge is 2.15. The van der Waals surface area contributed by atoms with E-state index in [1.54, 1.807) is 18.2 Å². The Morgan fingerprint density at radius 3 is 0.788 bits per heavy atom. The zero-order valence-electron chi connectivity index (χ0n) is 16.0. The second-order valence-corrected chi connectivity index (χ2v) is 8.92. The van der Waals surface area contributed by atoms with Gasteiger partial charge in [-0.05, 0) is 54.6 Å². The molecule has 0 N–H and O–H groups in total. The van der Waals surface area contributed by atoms with Gasteiger partial charge in [0.25, 0.3) is 0 Å². The number of nitrogens with zero attached hydrogens (tertiary/aromatic N) is 3. The smallest absolute Gasteiger partial charge is 0.331 e. The Morgan fingerprint density at radius 2 is 0.576 bits per heavy atom. The molecule has 1 aromatic heterocycles. The van der Waals surface area contributed by atoms with Crippen LogP contribution < -0.4 is 14.2 Å². The fraction of sp³-hybridized carbons (Fsp3) is 0. The summed E-state index contributed by atoms with van der Waals surface area (Å²) in [4.78, 5) is 12.4. The van der Waals surface area contributed by atoms with Gasteiger partial charge in [-0.1, -0.05) is 69.6 Å². The van der Waals surface area contributed by atoms with Crippen LogP contribution in [0.4, 0.5) is 0 Å². The van der Waals surface area contributed by atoms with Crippen molar-refractivity contribution in [2.75, 3.05) is 0 Å². The van der Waals surface area contributed by atoms with E-state index in [2.05, 4.69) is 15.0 Å². The summed E-state index contributed by atoms with van der Waals surface area (Å²) in [5, 5.41) is 2.18. The predicted molar refractivity (Wildman–Crippen MR) is 129 cm³/mol. The number of hydrogen-bond donors (Lipinski definition) is 0. The SMILES string of the molecule is Clc1cc(Cl)cc(Oc2nc(Oc3cc(Cl)cc(Cl)c3)nc(Oc3cc(Cl)cc(Cl)c3)n2)c1. The molecule has 0 bridgehead atoms. The Labute approximate surface area is 217 Å². The van der Waals surface area contributed by atoms with Crippen molar-refractivity contribution in [2.45, 2.75) is 0 Å². The first kappa shape index (κ1) is 24.0. The quantitative estimate of drug-likeness (QED) is 0.233. The van der Waals surface area contributed by atoms with Crippen LogP contribution in [-0.4, -0.2) is 15.0 Å². The Bertz CT molecular complexity index is 1110. The molecule has 4 aromatic rings. The van der Waals surface area contributed by atoms with E-state index in [1.807, 2.05) is 0 Å². The second kappa shape index (κ2) is 10.4. The lowest BCUT2D eigenvalue weighted by molar-refractivity contribution is 0.362. The molecule has 168 valence electrons. The average molecular weight is 564 g/mol. The zero-order chi connectivity index (χ0) is 23.5. The van der Waals surface area contributed by atoms with Crippen LogP contribution in [0.2, 0.25) is 30.1 Å². The zero-order valence-corrected chi connectivity index (χ0v) is 20.6. The van der Waals surface area contributed by atoms with Crippen molar-refractivity contribution >= 4 is 69.6 Å². The summed E-state index contributed by atoms with van der Waals surface area (Å²) in [7, 11) is 0. The van der Waals surface area contributed by atoms with Crippen molar-refractivity contribution in [1.29, 1.82) is 0 Å². The summed E-state index contributed by atoms with van der Waals surface area (Å²) >= 11 is 36.2. The van der Waals surface area contributed by atoms with Crippen molar-refractivity contribution in [1.82, 2.24) is 15.0 Å². The highest BCUT2D eigenvalue weighted by molar-refractivity contribution is 6.35. The van der Waals surface area contributed by atoms with Crippen molar-refractivity contribution in [2.24, 2.45) is 0 Å². The molecule has 0 spiro atoms. The van der Waals surface area contributed by atoms with Gasteiger partial charge >= 0.3 is 18.0 Å². The Hall–Kier alpha value is -2.19. The lowest BCUT2D eigenvalue weighted by Gasteiger charge is -2.10. The molecule has 0 aliphatic rings. The molecule has 33 heavy (non-hydrogen) atoms. The van der Waals surface area contributed by atoms with Gasteiger partial charge in [0.2, 0.25) is 0 Å². The van der Waals surface area contributed by atoms with Gasteiger partial charge in [0.1, 0.15) is 17.2 Å². The van der Waals surface area contributed by atoms with Gasteiger partial charge in [-0.25, -0.2) is 0 Å². The molecule has 0 atom stereocenters. The van der Waals surface area contributed by atoms with E-state index < -0.39 is 0 Å². The second-order valence-electron chi connectivity index (χ2n) is 6.30. The molecule has 0 amide bonds. The number of halogens is 6. The van der Waals surface area contributed by atoms with Crippen LogP contribution in [0.1, 0.15) is 0 Å². The standard InChI is InChI=1S/C21H9Cl6N3O3/c22-10-1-11(23)5-16(4-10)31-19-28-20(32-17-6-12(24)2-13(25)7-17)30-21(29-19)33-18-8-14(26)3-15(27)9-18/h1-9H. The van der Waals surface area contributed by atoms with E-state index in [0.29, 0.717) is 30.1 Å². The summed E-state index contributed by atoms with van der Waals surface area (Å²) in [6.45, 7) is 0. The van der Waals surface area contributed by atoms with Crippen molar-refractivity contribution in [3.05, 3.63) is 84.7 Å². The van der Waals surface area contributed by atoms with Crippen LogP contribution in [0.25, 0.3) is 0 Å². The molecular weight excluding hydrogens is 555 g/mol. The molecule has 0 saturated carbocycles. The van der Waals surface area contributed by atoms with Gasteiger partial charge in [0.05, 0.1) is 0 Å². The molecular formula is C21H9Cl6N3O3. The van der Waals surface area contributed by atoms with Crippen LogP contribution in [-0.2, 0) is 0 Å². The molecule has 0 aliphatic carbocycles. The molecule has 0 radical (unpaired) electrons. The van der Waals surface area contributed by atoms with E-state index in [0.717, 1.165) is 0 Å². The Morgan fingerprint density at radius 1 is 0.364 bits per heavy atom. The van der Waals surface area contributed by atoms with Gasteiger partial charge in [0.15, 0.2) is 0 Å². The third-order valence-electron chi connectivity index (χ3n) is 3.71. The van der Waals surface area contributed by atoms with Crippen LogP contribution in [0.3, 0.4) is 0 Å². The van der Waals surface area contributed by atoms with Crippen molar-refractivity contribution < 1.29 is 14.2 Å². The van der Waals surface area contributed by atoms with Gasteiger partial charge in [-0.15, -0.1) is 15.0 Å². The molecule has 4 rings (SSSR count). The van der Waals surface area contributed by atoms with E-state index in [1.165, 1.54) is 36.4 Å². The van der Waals surface area contributed by atoms with Crippen LogP contribution in [0.5, 0.6) is 35.3 Å². The Kier molecular flexibility index (Phi) is 7.54. The molecule has 1 heterocycles. The van der Waals surface area contributed by atoms with Crippen LogP contribution in [0, 0.1) is 0 Å². The summed E-state index contributed by atoms with van der Waals surface area (Å²) in [5.41, 5.74) is 0. The molecule has 0 saturated heterocycles. The fourth-order valence-corrected chi connectivity index (χ4v) is 4.05. The monoisotopic (exact) mass is 561 g/mol. The molecule has 0 unspecified atom stereocenters. The Balaban J connectivity index is 1.71. The molecule has 12 heteroatoms. The maximum Gasteiger partial charge on any atom is 0.331 e. The maximum atomic E-state index is 6.04. The highest BCUT2D eigenvalue weighted by atomic mass is 35.5. The minimum Gasteiger partial charge on any atom is -0.424 e. The van der Waals surface area contributed by atoms with Gasteiger partial charge in [-0.3, -0.25) is 0 Å². The van der Waals surface area contributed by atoms with Gasteiger partial charge in [0, 0.05) is 30.1 Å². The van der Waals surface area contributed by atoms with Crippen molar-refractivity contribution in [3.8, 4) is 35.3 Å². The van der Waals surface area contributed by atoms with E-state index in [4.69, 9.17) is 83.8 Å². The highest BCUT2D eigenvalue weighted by Crippen LogP contribution is 2.32. The third kappa shape index (κ3) is 6.90. The number of benzene rings is 3. The van der Waals surface area contributed by atoms with Gasteiger partial charge in [-0.2, -0.15) is 0 Å². The number of ether oxygens (including phenoxy) is 3. The number of hydrogen-bond acceptors (Lipinski definition) is 6. The van der Waals surface area contributed by atoms with E-state index in [9.17, 15) is 0 Å². The summed E-state index contributed by atoms with van der Waals surface area (Å²) in [6.07, 6.45) is 0. The summed E-state index contributed by atoms with van der Waals surface area (Å²) < 4.78 is 17.1. The van der Waals surface area contributed by atoms with Crippen LogP contribution in [0.15, 0.2) is 54.6 Å². The first-order valence-corrected chi connectivity index (χ1v) is 11.2. The first-order chi connectivity index (χ1) is 15.7. The average Bonchev–Trinajstić information content (AvgIpc) is 2.65. The summed E-state index contributed by atoms with van der Waals surface area (Å²) in [6, 6.07) is 13.4. The largest absolute Gasteiger partial charge is 0.424 e. The van der Waals surface area contributed by atoms with Crippen molar-refractivity contribution in [3.63, 3.8) is 0 Å². The minimum atomic E-state index is -0.158. The van der Waals surface area contributed by atoms with E-state index >= 15 is 0 Å². The molecule has 0 aliphatic heterocycles. The summed E-state index contributed by atoms with van der Waals surface area (Å²) in [5.74, 6) is 0.853. The van der Waals surface area contributed by atoms with E-state index in [-0.39, 0.29) is 35.3 Å². The number of rotatable bonds is 6. The number of aromatic nitrogens is 3. The maximum absolute atomic E-state index is 6.04. The lowest BCUT2D eigenvalue weighted by atomic mass is 10.3. The van der Waals surface area contributed by atoms with Crippen LogP contribution >= 0.6 is 69.6 Å². The van der Waals surface area contributed by atoms with Gasteiger partial charge < -0.3 is 14.2 Å². The molecule has 6 nitrogen and oxygen atoms in total. The topological polar surface area (TPSA) is 66.4 Å². The normalized spacial score (nSPS) is 10.7. The predicted octanol–water partition coefficient (Wildman–Crippen LogP) is 9.17. The lowest BCUT2D eigenvalue weighted by Crippen LogP contribution is -2.01. The molecule has 0 fully saturated rings. The fourth-order valence-electron chi connectivity index (χ4n) is 2.54.